The molecule has 0 saturated heterocycles. The van der Waals surface area contributed by atoms with Crippen LogP contribution in [0.15, 0.2) is 54.6 Å². The van der Waals surface area contributed by atoms with Crippen LogP contribution in [0.5, 0.6) is 5.75 Å². The first-order chi connectivity index (χ1) is 17.1. The number of nitrogens with one attached hydrogen (secondary N) is 2. The summed E-state index contributed by atoms with van der Waals surface area (Å²) < 4.78 is 5.32. The predicted molar refractivity (Wildman–Crippen MR) is 141 cm³/mol. The first-order valence-corrected chi connectivity index (χ1v) is 12.8. The molecule has 192 valence electrons. The molecular formula is C27H33N3O5S. The lowest BCUT2D eigenvalue weighted by molar-refractivity contribution is -0.138. The molecule has 0 fully saturated rings. The molecule has 2 atom stereocenters. The molecule has 36 heavy (non-hydrogen) atoms. The van der Waals surface area contributed by atoms with Crippen molar-refractivity contribution in [2.24, 2.45) is 0 Å². The molecule has 0 saturated carbocycles. The molecule has 3 N–H and O–H groups in total. The number of carbonyl (C=O) groups is 3. The van der Waals surface area contributed by atoms with E-state index in [1.807, 2.05) is 36.6 Å². The zero-order chi connectivity index (χ0) is 26.7. The van der Waals surface area contributed by atoms with E-state index in [9.17, 15) is 19.5 Å². The summed E-state index contributed by atoms with van der Waals surface area (Å²) in [7, 11) is 0. The van der Waals surface area contributed by atoms with E-state index >= 15 is 0 Å². The molecule has 2 aromatic carbocycles. The smallest absolute Gasteiger partial charge is 0.408 e. The number of amides is 3. The van der Waals surface area contributed by atoms with Crippen LogP contribution in [-0.2, 0) is 20.9 Å². The van der Waals surface area contributed by atoms with E-state index in [-0.39, 0.29) is 18.7 Å². The van der Waals surface area contributed by atoms with Crippen LogP contribution in [0.2, 0.25) is 0 Å². The number of terminal acetylenes is 1. The van der Waals surface area contributed by atoms with Crippen LogP contribution >= 0.6 is 11.8 Å². The van der Waals surface area contributed by atoms with Crippen molar-refractivity contribution in [1.82, 2.24) is 15.5 Å². The minimum Gasteiger partial charge on any atom is -0.508 e. The average Bonchev–Trinajstić information content (AvgIpc) is 2.82. The Kier molecular flexibility index (Phi) is 10.7. The monoisotopic (exact) mass is 511 g/mol. The lowest BCUT2D eigenvalue weighted by Crippen LogP contribution is -2.51. The number of hydrogen-bond donors (Lipinski definition) is 3. The fourth-order valence-electron chi connectivity index (χ4n) is 3.37. The predicted octanol–water partition coefficient (Wildman–Crippen LogP) is 3.82. The number of phenols is 1. The molecule has 0 heterocycles. The summed E-state index contributed by atoms with van der Waals surface area (Å²) in [6, 6.07) is 15.3. The second-order valence-corrected chi connectivity index (χ2v) is 10.0. The van der Waals surface area contributed by atoms with Gasteiger partial charge in [-0.25, -0.2) is 4.79 Å². The van der Waals surface area contributed by atoms with Crippen molar-refractivity contribution in [3.05, 3.63) is 65.7 Å². The maximum Gasteiger partial charge on any atom is 0.408 e. The molecule has 2 unspecified atom stereocenters. The van der Waals surface area contributed by atoms with Crippen molar-refractivity contribution < 1.29 is 24.2 Å². The molecule has 3 amide bonds. The Bertz CT molecular complexity index is 1080. The molecule has 0 aromatic heterocycles. The minimum absolute atomic E-state index is 0.0800. The summed E-state index contributed by atoms with van der Waals surface area (Å²) in [5.74, 6) is -0.692. The minimum atomic E-state index is -1.24. The van der Waals surface area contributed by atoms with Gasteiger partial charge in [-0.3, -0.25) is 14.5 Å². The van der Waals surface area contributed by atoms with E-state index in [1.165, 1.54) is 23.9 Å². The number of hydrogen-bond acceptors (Lipinski definition) is 6. The molecule has 0 radical (unpaired) electrons. The fourth-order valence-corrected chi connectivity index (χ4v) is 3.84. The zero-order valence-electron chi connectivity index (χ0n) is 21.0. The highest BCUT2D eigenvalue weighted by Crippen LogP contribution is 2.25. The van der Waals surface area contributed by atoms with Gasteiger partial charge in [0, 0.05) is 12.6 Å². The number of ether oxygens (including phenoxy) is 1. The van der Waals surface area contributed by atoms with Crippen LogP contribution in [0.3, 0.4) is 0 Å². The Morgan fingerprint density at radius 1 is 1.14 bits per heavy atom. The van der Waals surface area contributed by atoms with E-state index in [2.05, 4.69) is 16.7 Å². The lowest BCUT2D eigenvalue weighted by Gasteiger charge is -2.30. The number of carbonyl (C=O) groups excluding carboxylic acids is 3. The summed E-state index contributed by atoms with van der Waals surface area (Å²) in [5, 5.41) is 15.4. The average molecular weight is 512 g/mol. The van der Waals surface area contributed by atoms with E-state index in [0.29, 0.717) is 11.3 Å². The van der Waals surface area contributed by atoms with Gasteiger partial charge >= 0.3 is 6.09 Å². The number of alkyl carbamates (subject to hydrolysis) is 1. The van der Waals surface area contributed by atoms with Gasteiger partial charge in [0.05, 0.1) is 0 Å². The second kappa shape index (κ2) is 13.4. The maximum atomic E-state index is 13.6. The number of benzene rings is 2. The van der Waals surface area contributed by atoms with Crippen LogP contribution in [0, 0.1) is 12.5 Å². The maximum absolute atomic E-state index is 13.6. The Balaban J connectivity index is 2.36. The molecule has 2 rings (SSSR count). The number of thioether (sulfide) groups is 1. The highest BCUT2D eigenvalue weighted by atomic mass is 32.2. The van der Waals surface area contributed by atoms with E-state index in [0.717, 1.165) is 10.5 Å². The molecule has 0 spiro atoms. The van der Waals surface area contributed by atoms with Crippen molar-refractivity contribution in [2.75, 3.05) is 12.0 Å². The molecule has 0 aliphatic carbocycles. The van der Waals surface area contributed by atoms with Gasteiger partial charge in [-0.05, 0) is 62.5 Å². The van der Waals surface area contributed by atoms with Crippen LogP contribution in [0.1, 0.15) is 44.4 Å². The zero-order valence-corrected chi connectivity index (χ0v) is 21.8. The highest BCUT2D eigenvalue weighted by molar-refractivity contribution is 7.98. The quantitative estimate of drug-likeness (QED) is 0.331. The Hall–Kier alpha value is -3.64. The summed E-state index contributed by atoms with van der Waals surface area (Å²) in [4.78, 5) is 40.4. The van der Waals surface area contributed by atoms with Crippen molar-refractivity contribution in [1.29, 1.82) is 0 Å². The molecule has 0 aliphatic heterocycles. The van der Waals surface area contributed by atoms with Crippen LogP contribution in [0.25, 0.3) is 0 Å². The topological polar surface area (TPSA) is 108 Å². The Morgan fingerprint density at radius 3 is 2.42 bits per heavy atom. The molecule has 0 aliphatic rings. The van der Waals surface area contributed by atoms with Crippen molar-refractivity contribution in [3.63, 3.8) is 0 Å². The van der Waals surface area contributed by atoms with Gasteiger partial charge in [-0.2, -0.15) is 11.8 Å². The molecular weight excluding hydrogens is 478 g/mol. The van der Waals surface area contributed by atoms with E-state index in [4.69, 9.17) is 11.2 Å². The van der Waals surface area contributed by atoms with Crippen molar-refractivity contribution >= 4 is 29.7 Å². The summed E-state index contributed by atoms with van der Waals surface area (Å²) in [6.45, 7) is 5.36. The number of aromatic hydroxyl groups is 1. The van der Waals surface area contributed by atoms with Gasteiger partial charge in [0.1, 0.15) is 23.4 Å². The third-order valence-corrected chi connectivity index (χ3v) is 5.62. The normalized spacial score (nSPS) is 12.5. The third-order valence-electron chi connectivity index (χ3n) is 4.98. The molecule has 9 heteroatoms. The number of nitrogens with zero attached hydrogens (tertiary/aromatic N) is 1. The molecule has 2 aromatic rings. The molecule has 8 nitrogen and oxygen atoms in total. The summed E-state index contributed by atoms with van der Waals surface area (Å²) >= 11 is 1.50. The van der Waals surface area contributed by atoms with Crippen LogP contribution in [0.4, 0.5) is 4.79 Å². The van der Waals surface area contributed by atoms with Crippen molar-refractivity contribution in [2.45, 2.75) is 51.4 Å². The van der Waals surface area contributed by atoms with Gasteiger partial charge < -0.3 is 20.5 Å². The molecule has 0 bridgehead atoms. The Labute approximate surface area is 216 Å². The highest BCUT2D eigenvalue weighted by Gasteiger charge is 2.35. The Morgan fingerprint density at radius 2 is 1.83 bits per heavy atom. The second-order valence-electron chi connectivity index (χ2n) is 9.02. The van der Waals surface area contributed by atoms with Crippen LogP contribution < -0.4 is 10.6 Å². The third kappa shape index (κ3) is 8.86. The fraction of sp³-hybridized carbons (Fsp3) is 0.370. The van der Waals surface area contributed by atoms with Gasteiger partial charge in [-0.1, -0.05) is 48.9 Å². The summed E-state index contributed by atoms with van der Waals surface area (Å²) in [5.41, 5.74) is 0.431. The SMILES string of the molecule is C#CN(C(=O)C(CCSC)NC(=O)OC(C)(C)C)C(C(=O)NCc1ccccc1)c1cccc(O)c1. The summed E-state index contributed by atoms with van der Waals surface area (Å²) in [6.07, 6.45) is 7.14. The first kappa shape index (κ1) is 28.6. The standard InChI is InChI=1S/C27H33N3O5S/c1-6-30(25(33)22(15-16-36-5)29-26(34)35-27(2,3)4)23(20-13-10-14-21(31)17-20)24(32)28-18-19-11-8-7-9-12-19/h1,7-14,17,22-23,31H,15-16,18H2,2-5H3,(H,28,32)(H,29,34). The van der Waals surface area contributed by atoms with Gasteiger partial charge in [0.25, 0.3) is 5.91 Å². The van der Waals surface area contributed by atoms with Gasteiger partial charge in [0.2, 0.25) is 5.91 Å². The van der Waals surface area contributed by atoms with E-state index in [1.54, 1.807) is 32.9 Å². The largest absolute Gasteiger partial charge is 0.508 e. The lowest BCUT2D eigenvalue weighted by atomic mass is 10.0. The van der Waals surface area contributed by atoms with Crippen molar-refractivity contribution in [3.8, 4) is 18.2 Å². The van der Waals surface area contributed by atoms with Crippen LogP contribution in [-0.4, -0.2) is 51.6 Å². The van der Waals surface area contributed by atoms with Gasteiger partial charge in [-0.15, -0.1) is 0 Å². The van der Waals surface area contributed by atoms with Gasteiger partial charge in [0.15, 0.2) is 0 Å². The first-order valence-electron chi connectivity index (χ1n) is 11.4. The van der Waals surface area contributed by atoms with E-state index < -0.39 is 35.6 Å². The number of phenolic OH excluding ortho intramolecular Hbond substituents is 1. The number of rotatable bonds is 10.